The van der Waals surface area contributed by atoms with Crippen LogP contribution in [0.25, 0.3) is 0 Å². The van der Waals surface area contributed by atoms with Crippen molar-refractivity contribution in [1.29, 1.82) is 0 Å². The summed E-state index contributed by atoms with van der Waals surface area (Å²) < 4.78 is 28.1. The summed E-state index contributed by atoms with van der Waals surface area (Å²) in [6.07, 6.45) is 0. The van der Waals surface area contributed by atoms with Gasteiger partial charge in [-0.05, 0) is 22.6 Å². The molecule has 24 heavy (non-hydrogen) atoms. The fraction of sp³-hybridized carbons (Fsp3) is 0.158. The van der Waals surface area contributed by atoms with E-state index >= 15 is 0 Å². The number of hydrogen-bond donors (Lipinski definition) is 1. The zero-order valence-corrected chi connectivity index (χ0v) is 15.0. The molecule has 0 atom stereocenters. The summed E-state index contributed by atoms with van der Waals surface area (Å²) in [7, 11) is -3.50. The molecule has 0 aliphatic heterocycles. The van der Waals surface area contributed by atoms with Crippen LogP contribution in [0.4, 0.5) is 0 Å². The van der Waals surface area contributed by atoms with Gasteiger partial charge < -0.3 is 0 Å². The fourth-order valence-corrected chi connectivity index (χ4v) is 4.89. The van der Waals surface area contributed by atoms with Crippen LogP contribution >= 0.6 is 11.3 Å². The zero-order chi connectivity index (χ0) is 17.0. The van der Waals surface area contributed by atoms with Crippen LogP contribution in [0.5, 0.6) is 0 Å². The zero-order valence-electron chi connectivity index (χ0n) is 13.3. The maximum absolute atomic E-state index is 12.5. The molecule has 0 amide bonds. The van der Waals surface area contributed by atoms with E-state index in [1.165, 1.54) is 11.3 Å². The van der Waals surface area contributed by atoms with Crippen LogP contribution in [0.2, 0.25) is 0 Å². The molecule has 0 unspecified atom stereocenters. The molecule has 124 valence electrons. The maximum atomic E-state index is 12.5. The van der Waals surface area contributed by atoms with Crippen LogP contribution in [0.1, 0.15) is 18.1 Å². The smallest absolute Gasteiger partial charge is 0.209 e. The van der Waals surface area contributed by atoms with Gasteiger partial charge in [0.15, 0.2) is 0 Å². The number of hydrogen-bond acceptors (Lipinski definition) is 3. The summed E-state index contributed by atoms with van der Waals surface area (Å²) in [5.41, 5.74) is 1.70. The first-order chi connectivity index (χ1) is 11.5. The molecule has 3 rings (SSSR count). The van der Waals surface area contributed by atoms with Crippen molar-refractivity contribution in [3.63, 3.8) is 0 Å². The van der Waals surface area contributed by atoms with Crippen molar-refractivity contribution in [3.8, 4) is 0 Å². The standard InChI is InChI=1S/C19H19NO2S2/c1-19(16-9-4-2-5-10-16,17-11-6-3-7-12-17)15-20-24(21,22)18-13-8-14-23-18/h2-14,20H,15H2,1H3. The summed E-state index contributed by atoms with van der Waals surface area (Å²) in [4.78, 5) is 0. The largest absolute Gasteiger partial charge is 0.250 e. The lowest BCUT2D eigenvalue weighted by atomic mass is 9.76. The van der Waals surface area contributed by atoms with E-state index in [0.717, 1.165) is 11.1 Å². The van der Waals surface area contributed by atoms with Crippen molar-refractivity contribution < 1.29 is 8.42 Å². The topological polar surface area (TPSA) is 46.2 Å². The van der Waals surface area contributed by atoms with Gasteiger partial charge in [-0.25, -0.2) is 13.1 Å². The molecule has 0 radical (unpaired) electrons. The van der Waals surface area contributed by atoms with Crippen molar-refractivity contribution in [2.75, 3.05) is 6.54 Å². The number of benzene rings is 2. The molecule has 0 aliphatic rings. The van der Waals surface area contributed by atoms with Crippen LogP contribution in [-0.2, 0) is 15.4 Å². The van der Waals surface area contributed by atoms with Gasteiger partial charge in [0, 0.05) is 12.0 Å². The lowest BCUT2D eigenvalue weighted by molar-refractivity contribution is 0.532. The van der Waals surface area contributed by atoms with Gasteiger partial charge in [-0.2, -0.15) is 0 Å². The molecule has 2 aromatic carbocycles. The monoisotopic (exact) mass is 357 g/mol. The number of thiophene rings is 1. The van der Waals surface area contributed by atoms with Gasteiger partial charge in [-0.3, -0.25) is 0 Å². The second-order valence-corrected chi connectivity index (χ2v) is 8.76. The minimum Gasteiger partial charge on any atom is -0.209 e. The van der Waals surface area contributed by atoms with Crippen LogP contribution in [0, 0.1) is 0 Å². The highest BCUT2D eigenvalue weighted by atomic mass is 32.2. The van der Waals surface area contributed by atoms with E-state index in [4.69, 9.17) is 0 Å². The minimum absolute atomic E-state index is 0.293. The molecular formula is C19H19NO2S2. The average Bonchev–Trinajstić information content (AvgIpc) is 3.17. The molecule has 0 spiro atoms. The number of sulfonamides is 1. The van der Waals surface area contributed by atoms with E-state index in [9.17, 15) is 8.42 Å². The highest BCUT2D eigenvalue weighted by Crippen LogP contribution is 2.31. The van der Waals surface area contributed by atoms with Gasteiger partial charge in [-0.1, -0.05) is 73.7 Å². The summed E-state index contributed by atoms with van der Waals surface area (Å²) in [6, 6.07) is 23.3. The third kappa shape index (κ3) is 3.43. The third-order valence-corrected chi connectivity index (χ3v) is 7.00. The highest BCUT2D eigenvalue weighted by molar-refractivity contribution is 7.91. The van der Waals surface area contributed by atoms with Crippen LogP contribution in [0.15, 0.2) is 82.4 Å². The Labute approximate surface area is 147 Å². The maximum Gasteiger partial charge on any atom is 0.250 e. The minimum atomic E-state index is -3.50. The summed E-state index contributed by atoms with van der Waals surface area (Å²) in [5.74, 6) is 0. The highest BCUT2D eigenvalue weighted by Gasteiger charge is 2.31. The molecule has 0 bridgehead atoms. The van der Waals surface area contributed by atoms with Crippen LogP contribution in [-0.4, -0.2) is 15.0 Å². The van der Waals surface area contributed by atoms with E-state index in [0.29, 0.717) is 10.8 Å². The second-order valence-electron chi connectivity index (χ2n) is 5.82. The molecular weight excluding hydrogens is 338 g/mol. The summed E-state index contributed by atoms with van der Waals surface area (Å²) in [5, 5.41) is 1.77. The van der Waals surface area contributed by atoms with Gasteiger partial charge in [0.1, 0.15) is 4.21 Å². The van der Waals surface area contributed by atoms with Gasteiger partial charge in [0.2, 0.25) is 10.0 Å². The normalized spacial score (nSPS) is 12.2. The molecule has 0 saturated carbocycles. The molecule has 0 fully saturated rings. The number of rotatable bonds is 6. The molecule has 1 N–H and O–H groups in total. The summed E-state index contributed by atoms with van der Waals surface area (Å²) >= 11 is 1.22. The first-order valence-corrected chi connectivity index (χ1v) is 10.0. The van der Waals surface area contributed by atoms with Crippen molar-refractivity contribution in [1.82, 2.24) is 4.72 Å². The van der Waals surface area contributed by atoms with Gasteiger partial charge >= 0.3 is 0 Å². The Morgan fingerprint density at radius 3 is 1.88 bits per heavy atom. The quantitative estimate of drug-likeness (QED) is 0.724. The Morgan fingerprint density at radius 1 is 0.875 bits per heavy atom. The van der Waals surface area contributed by atoms with E-state index in [-0.39, 0.29) is 0 Å². The van der Waals surface area contributed by atoms with Crippen molar-refractivity contribution in [2.45, 2.75) is 16.5 Å². The third-order valence-electron chi connectivity index (χ3n) is 4.20. The molecule has 0 saturated heterocycles. The van der Waals surface area contributed by atoms with Gasteiger partial charge in [-0.15, -0.1) is 11.3 Å². The Kier molecular flexibility index (Phi) is 4.85. The van der Waals surface area contributed by atoms with Gasteiger partial charge in [0.25, 0.3) is 0 Å². The van der Waals surface area contributed by atoms with Crippen molar-refractivity contribution >= 4 is 21.4 Å². The fourth-order valence-electron chi connectivity index (χ4n) is 2.71. The first-order valence-electron chi connectivity index (χ1n) is 7.67. The Balaban J connectivity index is 1.95. The molecule has 3 aromatic rings. The van der Waals surface area contributed by atoms with Crippen LogP contribution in [0.3, 0.4) is 0 Å². The Morgan fingerprint density at radius 2 is 1.42 bits per heavy atom. The molecule has 1 aromatic heterocycles. The van der Waals surface area contributed by atoms with Crippen LogP contribution < -0.4 is 4.72 Å². The number of nitrogens with one attached hydrogen (secondary N) is 1. The van der Waals surface area contributed by atoms with E-state index < -0.39 is 15.4 Å². The molecule has 3 nitrogen and oxygen atoms in total. The second kappa shape index (κ2) is 6.89. The average molecular weight is 358 g/mol. The Bertz CT molecular complexity index is 834. The molecule has 0 aliphatic carbocycles. The SMILES string of the molecule is CC(CNS(=O)(=O)c1cccs1)(c1ccccc1)c1ccccc1. The van der Waals surface area contributed by atoms with Crippen molar-refractivity contribution in [3.05, 3.63) is 89.3 Å². The molecule has 5 heteroatoms. The molecule has 1 heterocycles. The lowest BCUT2D eigenvalue weighted by Crippen LogP contribution is -2.39. The van der Waals surface area contributed by atoms with E-state index in [1.807, 2.05) is 60.7 Å². The van der Waals surface area contributed by atoms with E-state index in [2.05, 4.69) is 11.6 Å². The van der Waals surface area contributed by atoms with Crippen molar-refractivity contribution in [2.24, 2.45) is 0 Å². The summed E-state index contributed by atoms with van der Waals surface area (Å²) in [6.45, 7) is 2.36. The van der Waals surface area contributed by atoms with E-state index in [1.54, 1.807) is 17.5 Å². The lowest BCUT2D eigenvalue weighted by Gasteiger charge is -2.31. The Hall–Kier alpha value is -1.95. The first kappa shape index (κ1) is 16.9. The predicted molar refractivity (Wildman–Crippen MR) is 98.8 cm³/mol. The predicted octanol–water partition coefficient (Wildman–Crippen LogP) is 4.03. The van der Waals surface area contributed by atoms with Gasteiger partial charge in [0.05, 0.1) is 0 Å².